The molecule has 0 amide bonds. The van der Waals surface area contributed by atoms with Gasteiger partial charge in [0.05, 0.1) is 0 Å². The second kappa shape index (κ2) is 5.58. The molecule has 1 aliphatic carbocycles. The van der Waals surface area contributed by atoms with Crippen molar-refractivity contribution in [1.82, 2.24) is 9.97 Å². The van der Waals surface area contributed by atoms with Gasteiger partial charge in [-0.1, -0.05) is 0 Å². The highest BCUT2D eigenvalue weighted by atomic mass is 32.2. The van der Waals surface area contributed by atoms with E-state index in [1.807, 2.05) is 11.8 Å². The smallest absolute Gasteiger partial charge is 0.252 e. The third-order valence-electron chi connectivity index (χ3n) is 2.87. The molecule has 0 radical (unpaired) electrons. The summed E-state index contributed by atoms with van der Waals surface area (Å²) in [5.41, 5.74) is -0.0542. The molecule has 0 aromatic carbocycles. The molecule has 1 aromatic rings. The third-order valence-corrected chi connectivity index (χ3v) is 3.52. The Hall–Kier alpha value is -0.970. The van der Waals surface area contributed by atoms with Crippen LogP contribution in [0.4, 0.5) is 5.82 Å². The van der Waals surface area contributed by atoms with Crippen LogP contribution >= 0.6 is 11.8 Å². The zero-order valence-corrected chi connectivity index (χ0v) is 11.1. The van der Waals surface area contributed by atoms with E-state index in [1.54, 1.807) is 6.07 Å². The summed E-state index contributed by atoms with van der Waals surface area (Å²) in [4.78, 5) is 18.8. The van der Waals surface area contributed by atoms with E-state index in [-0.39, 0.29) is 5.56 Å². The molecule has 1 aliphatic rings. The van der Waals surface area contributed by atoms with E-state index in [1.165, 1.54) is 0 Å². The van der Waals surface area contributed by atoms with Gasteiger partial charge < -0.3 is 10.3 Å². The van der Waals surface area contributed by atoms with Gasteiger partial charge in [0.15, 0.2) is 0 Å². The van der Waals surface area contributed by atoms with Gasteiger partial charge in [-0.15, -0.1) is 0 Å². The van der Waals surface area contributed by atoms with Crippen LogP contribution < -0.4 is 10.9 Å². The summed E-state index contributed by atoms with van der Waals surface area (Å²) in [6.07, 6.45) is 5.47. The molecule has 1 heterocycles. The molecule has 1 unspecified atom stereocenters. The van der Waals surface area contributed by atoms with Crippen molar-refractivity contribution in [2.24, 2.45) is 0 Å². The lowest BCUT2D eigenvalue weighted by Gasteiger charge is -2.14. The lowest BCUT2D eigenvalue weighted by Crippen LogP contribution is -2.20. The molecule has 2 rings (SSSR count). The number of rotatable bonds is 6. The van der Waals surface area contributed by atoms with Crippen LogP contribution in [0.5, 0.6) is 0 Å². The molecule has 1 aromatic heterocycles. The zero-order valence-electron chi connectivity index (χ0n) is 10.3. The minimum Gasteiger partial charge on any atom is -0.367 e. The molecule has 1 saturated carbocycles. The van der Waals surface area contributed by atoms with E-state index >= 15 is 0 Å². The Morgan fingerprint density at radius 3 is 3.06 bits per heavy atom. The Balaban J connectivity index is 2.02. The quantitative estimate of drug-likeness (QED) is 0.816. The molecule has 94 valence electrons. The van der Waals surface area contributed by atoms with Crippen LogP contribution in [0, 0.1) is 0 Å². The number of hydrogen-bond donors (Lipinski definition) is 2. The van der Waals surface area contributed by atoms with E-state index in [2.05, 4.69) is 28.5 Å². The summed E-state index contributed by atoms with van der Waals surface area (Å²) in [6.45, 7) is 2.12. The van der Waals surface area contributed by atoms with E-state index in [4.69, 9.17) is 0 Å². The van der Waals surface area contributed by atoms with Crippen LogP contribution in [0.25, 0.3) is 0 Å². The van der Waals surface area contributed by atoms with Crippen molar-refractivity contribution >= 4 is 17.6 Å². The molecule has 17 heavy (non-hydrogen) atoms. The molecule has 0 saturated heterocycles. The highest BCUT2D eigenvalue weighted by Gasteiger charge is 2.26. The van der Waals surface area contributed by atoms with Gasteiger partial charge in [0.2, 0.25) is 0 Å². The number of nitrogens with one attached hydrogen (secondary N) is 2. The van der Waals surface area contributed by atoms with Crippen molar-refractivity contribution in [3.63, 3.8) is 0 Å². The fraction of sp³-hybridized carbons (Fsp3) is 0.667. The highest BCUT2D eigenvalue weighted by Crippen LogP contribution is 2.37. The molecular weight excluding hydrogens is 234 g/mol. The molecule has 1 fully saturated rings. The van der Waals surface area contributed by atoms with Crippen molar-refractivity contribution in [2.75, 3.05) is 17.3 Å². The van der Waals surface area contributed by atoms with Crippen molar-refractivity contribution in [3.05, 3.63) is 22.2 Å². The zero-order chi connectivity index (χ0) is 12.3. The minimum absolute atomic E-state index is 0.0542. The van der Waals surface area contributed by atoms with Crippen molar-refractivity contribution < 1.29 is 0 Å². The molecule has 0 spiro atoms. The van der Waals surface area contributed by atoms with E-state index in [9.17, 15) is 4.79 Å². The largest absolute Gasteiger partial charge is 0.367 e. The van der Waals surface area contributed by atoms with Gasteiger partial charge in [0.1, 0.15) is 11.6 Å². The topological polar surface area (TPSA) is 57.8 Å². The predicted octanol–water partition coefficient (Wildman–Crippen LogP) is 2.20. The second-order valence-electron chi connectivity index (χ2n) is 4.62. The summed E-state index contributed by atoms with van der Waals surface area (Å²) in [5, 5.41) is 3.30. The fourth-order valence-corrected chi connectivity index (χ4v) is 2.31. The SMILES string of the molecule is CSCCC(C)Nc1cc(=O)[nH]c(C2CC2)n1. The second-order valence-corrected chi connectivity index (χ2v) is 5.60. The Labute approximate surface area is 106 Å². The molecule has 0 aliphatic heterocycles. The maximum atomic E-state index is 11.5. The summed E-state index contributed by atoms with van der Waals surface area (Å²) >= 11 is 1.83. The molecule has 4 nitrogen and oxygen atoms in total. The normalized spacial score (nSPS) is 16.8. The standard InChI is InChI=1S/C12H19N3OS/c1-8(5-6-17-2)13-10-7-11(16)15-12(14-10)9-3-4-9/h7-9H,3-6H2,1-2H3,(H2,13,14,15,16). The fourth-order valence-electron chi connectivity index (χ4n) is 1.72. The molecule has 0 bridgehead atoms. The molecular formula is C12H19N3OS. The lowest BCUT2D eigenvalue weighted by atomic mass is 10.2. The maximum Gasteiger partial charge on any atom is 0.252 e. The first kappa shape index (κ1) is 12.5. The number of nitrogens with zero attached hydrogens (tertiary/aromatic N) is 1. The monoisotopic (exact) mass is 253 g/mol. The number of H-pyrrole nitrogens is 1. The van der Waals surface area contributed by atoms with Gasteiger partial charge in [-0.3, -0.25) is 4.79 Å². The minimum atomic E-state index is -0.0542. The number of aromatic nitrogens is 2. The summed E-state index contributed by atoms with van der Waals surface area (Å²) in [7, 11) is 0. The van der Waals surface area contributed by atoms with Crippen LogP contribution in [-0.2, 0) is 0 Å². The third kappa shape index (κ3) is 3.77. The van der Waals surface area contributed by atoms with Crippen molar-refractivity contribution in [3.8, 4) is 0 Å². The number of aromatic amines is 1. The Morgan fingerprint density at radius 1 is 1.65 bits per heavy atom. The summed E-state index contributed by atoms with van der Waals surface area (Å²) in [6, 6.07) is 1.89. The van der Waals surface area contributed by atoms with E-state index in [0.29, 0.717) is 17.8 Å². The van der Waals surface area contributed by atoms with Gasteiger partial charge in [-0.2, -0.15) is 11.8 Å². The van der Waals surface area contributed by atoms with E-state index in [0.717, 1.165) is 30.8 Å². The first-order chi connectivity index (χ1) is 8.19. The summed E-state index contributed by atoms with van der Waals surface area (Å²) < 4.78 is 0. The van der Waals surface area contributed by atoms with Gasteiger partial charge in [0.25, 0.3) is 5.56 Å². The van der Waals surface area contributed by atoms with Crippen LogP contribution in [0.15, 0.2) is 10.9 Å². The van der Waals surface area contributed by atoms with Crippen LogP contribution in [0.2, 0.25) is 0 Å². The molecule has 5 heteroatoms. The van der Waals surface area contributed by atoms with Gasteiger partial charge in [0, 0.05) is 18.0 Å². The van der Waals surface area contributed by atoms with Gasteiger partial charge in [-0.05, 0) is 38.2 Å². The van der Waals surface area contributed by atoms with Crippen LogP contribution in [0.1, 0.15) is 37.9 Å². The van der Waals surface area contributed by atoms with E-state index < -0.39 is 0 Å². The number of anilines is 1. The summed E-state index contributed by atoms with van der Waals surface area (Å²) in [5.74, 6) is 3.15. The first-order valence-electron chi connectivity index (χ1n) is 6.06. The average molecular weight is 253 g/mol. The average Bonchev–Trinajstić information content (AvgIpc) is 3.09. The van der Waals surface area contributed by atoms with Crippen LogP contribution in [0.3, 0.4) is 0 Å². The first-order valence-corrected chi connectivity index (χ1v) is 7.45. The molecule has 1 atom stereocenters. The predicted molar refractivity (Wildman–Crippen MR) is 72.9 cm³/mol. The molecule has 2 N–H and O–H groups in total. The Morgan fingerprint density at radius 2 is 2.41 bits per heavy atom. The van der Waals surface area contributed by atoms with Gasteiger partial charge >= 0.3 is 0 Å². The number of hydrogen-bond acceptors (Lipinski definition) is 4. The Kier molecular flexibility index (Phi) is 4.10. The van der Waals surface area contributed by atoms with Crippen molar-refractivity contribution in [1.29, 1.82) is 0 Å². The van der Waals surface area contributed by atoms with Gasteiger partial charge in [-0.25, -0.2) is 4.98 Å². The highest BCUT2D eigenvalue weighted by molar-refractivity contribution is 7.98. The van der Waals surface area contributed by atoms with Crippen LogP contribution in [-0.4, -0.2) is 28.0 Å². The Bertz CT molecular complexity index is 428. The number of thioether (sulfide) groups is 1. The maximum absolute atomic E-state index is 11.5. The van der Waals surface area contributed by atoms with Crippen molar-refractivity contribution in [2.45, 2.75) is 38.1 Å². The lowest BCUT2D eigenvalue weighted by molar-refractivity contribution is 0.761.